The predicted molar refractivity (Wildman–Crippen MR) is 69.3 cm³/mol. The van der Waals surface area contributed by atoms with Gasteiger partial charge < -0.3 is 9.47 Å². The van der Waals surface area contributed by atoms with Gasteiger partial charge in [0.05, 0.1) is 12.8 Å². The number of aromatic nitrogens is 1. The Morgan fingerprint density at radius 1 is 1.18 bits per heavy atom. The number of ether oxygens (including phenoxy) is 2. The van der Waals surface area contributed by atoms with E-state index in [0.717, 1.165) is 15.9 Å². The number of hydrogen-bond acceptors (Lipinski definition) is 3. The summed E-state index contributed by atoms with van der Waals surface area (Å²) in [6.45, 7) is 0.424. The van der Waals surface area contributed by atoms with Crippen LogP contribution < -0.4 is 9.47 Å². The highest BCUT2D eigenvalue weighted by atomic mass is 79.9. The molecule has 3 nitrogen and oxygen atoms in total. The number of pyridine rings is 1. The lowest BCUT2D eigenvalue weighted by molar-refractivity contribution is 0.298. The normalized spacial score (nSPS) is 10.0. The van der Waals surface area contributed by atoms with Crippen LogP contribution in [0.4, 0.5) is 0 Å². The number of hydrogen-bond donors (Lipinski definition) is 0. The van der Waals surface area contributed by atoms with Gasteiger partial charge in [-0.25, -0.2) is 4.98 Å². The van der Waals surface area contributed by atoms with Gasteiger partial charge in [0, 0.05) is 10.5 Å². The van der Waals surface area contributed by atoms with E-state index in [1.807, 2.05) is 42.5 Å². The summed E-state index contributed by atoms with van der Waals surface area (Å²) in [7, 11) is 1.60. The molecule has 0 aliphatic heterocycles. The van der Waals surface area contributed by atoms with Crippen LogP contribution in [0.2, 0.25) is 0 Å². The molecule has 0 fully saturated rings. The van der Waals surface area contributed by atoms with Crippen molar-refractivity contribution in [3.8, 4) is 11.6 Å². The number of methoxy groups -OCH3 is 1. The molecule has 0 saturated carbocycles. The number of nitrogens with zero attached hydrogens (tertiary/aromatic N) is 1. The average molecular weight is 294 g/mol. The fraction of sp³-hybridized carbons (Fsp3) is 0.154. The maximum atomic E-state index is 5.62. The van der Waals surface area contributed by atoms with Gasteiger partial charge in [0.25, 0.3) is 0 Å². The number of rotatable bonds is 4. The maximum Gasteiger partial charge on any atom is 0.213 e. The van der Waals surface area contributed by atoms with Crippen LogP contribution in [0, 0.1) is 0 Å². The van der Waals surface area contributed by atoms with Crippen LogP contribution in [0.1, 0.15) is 5.69 Å². The lowest BCUT2D eigenvalue weighted by atomic mass is 10.3. The lowest BCUT2D eigenvalue weighted by Gasteiger charge is -2.06. The average Bonchev–Trinajstić information content (AvgIpc) is 2.37. The summed E-state index contributed by atoms with van der Waals surface area (Å²) in [5.41, 5.74) is 0.837. The quantitative estimate of drug-likeness (QED) is 0.865. The summed E-state index contributed by atoms with van der Waals surface area (Å²) in [4.78, 5) is 4.27. The first-order valence-corrected chi connectivity index (χ1v) is 5.95. The Balaban J connectivity index is 2.02. The summed E-state index contributed by atoms with van der Waals surface area (Å²) in [5, 5.41) is 0. The highest BCUT2D eigenvalue weighted by Crippen LogP contribution is 2.18. The zero-order chi connectivity index (χ0) is 12.1. The summed E-state index contributed by atoms with van der Waals surface area (Å²) >= 11 is 3.40. The van der Waals surface area contributed by atoms with Gasteiger partial charge in [-0.2, -0.15) is 0 Å². The van der Waals surface area contributed by atoms with Crippen molar-refractivity contribution in [1.82, 2.24) is 4.98 Å². The van der Waals surface area contributed by atoms with Gasteiger partial charge >= 0.3 is 0 Å². The van der Waals surface area contributed by atoms with E-state index in [0.29, 0.717) is 12.5 Å². The monoisotopic (exact) mass is 293 g/mol. The van der Waals surface area contributed by atoms with E-state index >= 15 is 0 Å². The predicted octanol–water partition coefficient (Wildman–Crippen LogP) is 3.43. The molecule has 0 saturated heterocycles. The van der Waals surface area contributed by atoms with Crippen molar-refractivity contribution in [2.75, 3.05) is 7.11 Å². The summed E-state index contributed by atoms with van der Waals surface area (Å²) in [6.07, 6.45) is 0. The fourth-order valence-electron chi connectivity index (χ4n) is 1.37. The zero-order valence-corrected chi connectivity index (χ0v) is 11.0. The number of halogens is 1. The Hall–Kier alpha value is -1.55. The smallest absolute Gasteiger partial charge is 0.213 e. The molecule has 0 atom stereocenters. The lowest BCUT2D eigenvalue weighted by Crippen LogP contribution is -1.99. The van der Waals surface area contributed by atoms with E-state index < -0.39 is 0 Å². The second-order valence-electron chi connectivity index (χ2n) is 3.42. The van der Waals surface area contributed by atoms with Crippen molar-refractivity contribution in [2.45, 2.75) is 6.61 Å². The van der Waals surface area contributed by atoms with E-state index in [2.05, 4.69) is 20.9 Å². The molecule has 0 aliphatic carbocycles. The van der Waals surface area contributed by atoms with Crippen LogP contribution in [0.3, 0.4) is 0 Å². The molecule has 2 aromatic rings. The first-order chi connectivity index (χ1) is 8.28. The highest BCUT2D eigenvalue weighted by Gasteiger charge is 1.99. The second-order valence-corrected chi connectivity index (χ2v) is 4.33. The Labute approximate surface area is 109 Å². The fourth-order valence-corrected chi connectivity index (χ4v) is 1.74. The molecule has 0 radical (unpaired) electrons. The highest BCUT2D eigenvalue weighted by molar-refractivity contribution is 9.10. The topological polar surface area (TPSA) is 31.4 Å². The third-order valence-corrected chi connectivity index (χ3v) is 2.67. The molecular formula is C13H12BrNO2. The van der Waals surface area contributed by atoms with Gasteiger partial charge in [0.2, 0.25) is 5.88 Å². The molecule has 0 aliphatic rings. The maximum absolute atomic E-state index is 5.62. The molecule has 1 aromatic heterocycles. The van der Waals surface area contributed by atoms with Crippen LogP contribution in [0.25, 0.3) is 0 Å². The van der Waals surface area contributed by atoms with E-state index in [1.54, 1.807) is 7.11 Å². The van der Waals surface area contributed by atoms with Gasteiger partial charge in [-0.1, -0.05) is 28.1 Å². The van der Waals surface area contributed by atoms with E-state index in [1.165, 1.54) is 0 Å². The van der Waals surface area contributed by atoms with Crippen molar-refractivity contribution >= 4 is 15.9 Å². The van der Waals surface area contributed by atoms with Gasteiger partial charge in [0.15, 0.2) is 0 Å². The molecule has 17 heavy (non-hydrogen) atoms. The van der Waals surface area contributed by atoms with Gasteiger partial charge in [-0.3, -0.25) is 0 Å². The zero-order valence-electron chi connectivity index (χ0n) is 9.39. The Morgan fingerprint density at radius 3 is 2.76 bits per heavy atom. The molecule has 0 bridgehead atoms. The van der Waals surface area contributed by atoms with Crippen molar-refractivity contribution < 1.29 is 9.47 Å². The Kier molecular flexibility index (Phi) is 3.98. The molecule has 0 amide bonds. The van der Waals surface area contributed by atoms with Crippen molar-refractivity contribution in [2.24, 2.45) is 0 Å². The third kappa shape index (κ3) is 3.46. The molecular weight excluding hydrogens is 282 g/mol. The van der Waals surface area contributed by atoms with Crippen LogP contribution in [-0.2, 0) is 6.61 Å². The summed E-state index contributed by atoms with van der Waals surface area (Å²) in [6, 6.07) is 13.3. The van der Waals surface area contributed by atoms with Crippen LogP contribution in [-0.4, -0.2) is 12.1 Å². The van der Waals surface area contributed by atoms with Gasteiger partial charge in [-0.15, -0.1) is 0 Å². The molecule has 0 unspecified atom stereocenters. The second kappa shape index (κ2) is 5.68. The first kappa shape index (κ1) is 11.9. The van der Waals surface area contributed by atoms with Crippen molar-refractivity contribution in [1.29, 1.82) is 0 Å². The van der Waals surface area contributed by atoms with Crippen molar-refractivity contribution in [3.05, 3.63) is 52.6 Å². The molecule has 1 heterocycles. The first-order valence-electron chi connectivity index (χ1n) is 5.16. The van der Waals surface area contributed by atoms with E-state index in [4.69, 9.17) is 9.47 Å². The summed E-state index contributed by atoms with van der Waals surface area (Å²) < 4.78 is 11.7. The molecule has 2 rings (SSSR count). The SMILES string of the molecule is COc1cccc(COc2cccc(Br)c2)n1. The standard InChI is InChI=1S/C13H12BrNO2/c1-16-13-7-3-5-11(15-13)9-17-12-6-2-4-10(14)8-12/h2-8H,9H2,1H3. The van der Waals surface area contributed by atoms with Gasteiger partial charge in [-0.05, 0) is 24.3 Å². The van der Waals surface area contributed by atoms with Crippen LogP contribution in [0.5, 0.6) is 11.6 Å². The largest absolute Gasteiger partial charge is 0.487 e. The summed E-state index contributed by atoms with van der Waals surface area (Å²) in [5.74, 6) is 1.41. The minimum Gasteiger partial charge on any atom is -0.487 e. The van der Waals surface area contributed by atoms with Crippen molar-refractivity contribution in [3.63, 3.8) is 0 Å². The van der Waals surface area contributed by atoms with Crippen LogP contribution in [0.15, 0.2) is 46.9 Å². The molecule has 0 spiro atoms. The molecule has 1 aromatic carbocycles. The van der Waals surface area contributed by atoms with E-state index in [9.17, 15) is 0 Å². The molecule has 4 heteroatoms. The van der Waals surface area contributed by atoms with Gasteiger partial charge in [0.1, 0.15) is 12.4 Å². The number of benzene rings is 1. The minimum absolute atomic E-state index is 0.424. The minimum atomic E-state index is 0.424. The van der Waals surface area contributed by atoms with E-state index in [-0.39, 0.29) is 0 Å². The Bertz CT molecular complexity index is 502. The Morgan fingerprint density at radius 2 is 2.00 bits per heavy atom. The third-order valence-electron chi connectivity index (χ3n) is 2.17. The van der Waals surface area contributed by atoms with Crippen LogP contribution >= 0.6 is 15.9 Å². The molecule has 0 N–H and O–H groups in total. The molecule has 88 valence electrons.